The van der Waals surface area contributed by atoms with Crippen molar-refractivity contribution in [3.05, 3.63) is 29.8 Å². The molecule has 4 nitrogen and oxygen atoms in total. The molecule has 1 unspecified atom stereocenters. The number of halogens is 1. The molecule has 0 N–H and O–H groups in total. The number of aryl methyl sites for hydroxylation is 1. The number of carbonyl (C=O) groups is 1. The molecule has 0 bridgehead atoms. The maximum absolute atomic E-state index is 12.7. The van der Waals surface area contributed by atoms with E-state index in [0.717, 1.165) is 43.7 Å². The normalized spacial score (nSPS) is 21.1. The first-order valence-corrected chi connectivity index (χ1v) is 9.94. The molecule has 0 aromatic heterocycles. The fourth-order valence-electron chi connectivity index (χ4n) is 4.08. The van der Waals surface area contributed by atoms with Crippen LogP contribution in [0.2, 0.25) is 0 Å². The molecule has 2 aliphatic rings. The van der Waals surface area contributed by atoms with Gasteiger partial charge in [-0.05, 0) is 76.2 Å². The Balaban J connectivity index is 0.00000243. The molecule has 1 atom stereocenters. The lowest BCUT2D eigenvalue weighted by Crippen LogP contribution is -2.47. The number of ether oxygens (including phenoxy) is 1. The van der Waals surface area contributed by atoms with Gasteiger partial charge in [0.25, 0.3) is 5.91 Å². The fourth-order valence-corrected chi connectivity index (χ4v) is 4.08. The zero-order chi connectivity index (χ0) is 17.5. The van der Waals surface area contributed by atoms with Crippen molar-refractivity contribution in [1.82, 2.24) is 9.80 Å². The Labute approximate surface area is 164 Å². The summed E-state index contributed by atoms with van der Waals surface area (Å²) in [5.74, 6) is 0.931. The molecule has 2 aliphatic heterocycles. The van der Waals surface area contributed by atoms with Crippen LogP contribution in [0, 0.1) is 6.92 Å². The van der Waals surface area contributed by atoms with E-state index in [-0.39, 0.29) is 24.9 Å². The lowest BCUT2D eigenvalue weighted by Gasteiger charge is -2.37. The Hall–Kier alpha value is -1.26. The maximum atomic E-state index is 12.7. The first-order valence-electron chi connectivity index (χ1n) is 9.94. The van der Waals surface area contributed by atoms with E-state index in [4.69, 9.17) is 4.74 Å². The monoisotopic (exact) mass is 380 g/mol. The zero-order valence-electron chi connectivity index (χ0n) is 16.0. The van der Waals surface area contributed by atoms with Crippen molar-refractivity contribution < 1.29 is 9.53 Å². The lowest BCUT2D eigenvalue weighted by molar-refractivity contribution is -0.137. The average molecular weight is 381 g/mol. The highest BCUT2D eigenvalue weighted by Crippen LogP contribution is 2.22. The van der Waals surface area contributed by atoms with Crippen LogP contribution in [0.4, 0.5) is 0 Å². The number of hydrogen-bond acceptors (Lipinski definition) is 3. The molecule has 1 aromatic carbocycles. The third kappa shape index (κ3) is 6.17. The van der Waals surface area contributed by atoms with Crippen molar-refractivity contribution in [2.75, 3.05) is 32.8 Å². The van der Waals surface area contributed by atoms with Crippen LogP contribution in [0.1, 0.15) is 50.5 Å². The summed E-state index contributed by atoms with van der Waals surface area (Å²) in [6, 6.07) is 8.30. The predicted octanol–water partition coefficient (Wildman–Crippen LogP) is 4.05. The van der Waals surface area contributed by atoms with E-state index in [1.54, 1.807) is 0 Å². The molecule has 146 valence electrons. The Morgan fingerprint density at radius 3 is 2.65 bits per heavy atom. The number of piperidine rings is 2. The van der Waals surface area contributed by atoms with Gasteiger partial charge in [-0.2, -0.15) is 0 Å². The summed E-state index contributed by atoms with van der Waals surface area (Å²) in [4.78, 5) is 17.4. The van der Waals surface area contributed by atoms with Crippen LogP contribution in [0.15, 0.2) is 24.3 Å². The van der Waals surface area contributed by atoms with Crippen LogP contribution in [0.5, 0.6) is 5.75 Å². The van der Waals surface area contributed by atoms with E-state index >= 15 is 0 Å². The van der Waals surface area contributed by atoms with Gasteiger partial charge in [-0.15, -0.1) is 12.4 Å². The van der Waals surface area contributed by atoms with Gasteiger partial charge in [-0.1, -0.05) is 18.6 Å². The first kappa shape index (κ1) is 21.0. The van der Waals surface area contributed by atoms with Crippen LogP contribution in [-0.4, -0.2) is 54.5 Å². The van der Waals surface area contributed by atoms with E-state index in [2.05, 4.69) is 9.80 Å². The van der Waals surface area contributed by atoms with Crippen LogP contribution in [0.25, 0.3) is 0 Å². The molecule has 0 radical (unpaired) electrons. The number of nitrogens with zero attached hydrogens (tertiary/aromatic N) is 2. The summed E-state index contributed by atoms with van der Waals surface area (Å²) in [6.45, 7) is 6.68. The van der Waals surface area contributed by atoms with Gasteiger partial charge < -0.3 is 14.5 Å². The molecule has 2 heterocycles. The number of benzene rings is 1. The van der Waals surface area contributed by atoms with Crippen molar-refractivity contribution in [3.63, 3.8) is 0 Å². The number of carbonyl (C=O) groups excluding carboxylic acids is 1. The van der Waals surface area contributed by atoms with Gasteiger partial charge in [0.15, 0.2) is 6.61 Å². The van der Waals surface area contributed by atoms with Crippen molar-refractivity contribution >= 4 is 18.3 Å². The van der Waals surface area contributed by atoms with Crippen molar-refractivity contribution in [2.24, 2.45) is 0 Å². The average Bonchev–Trinajstić information content (AvgIpc) is 2.65. The van der Waals surface area contributed by atoms with Gasteiger partial charge >= 0.3 is 0 Å². The highest BCUT2D eigenvalue weighted by molar-refractivity contribution is 5.85. The summed E-state index contributed by atoms with van der Waals surface area (Å²) in [7, 11) is 0. The van der Waals surface area contributed by atoms with E-state index in [0.29, 0.717) is 6.04 Å². The summed E-state index contributed by atoms with van der Waals surface area (Å²) >= 11 is 0. The predicted molar refractivity (Wildman–Crippen MR) is 108 cm³/mol. The van der Waals surface area contributed by atoms with Crippen LogP contribution < -0.4 is 4.74 Å². The quantitative estimate of drug-likeness (QED) is 0.746. The minimum absolute atomic E-state index is 0. The van der Waals surface area contributed by atoms with Crippen molar-refractivity contribution in [3.8, 4) is 5.75 Å². The lowest BCUT2D eigenvalue weighted by atomic mass is 9.98. The molecule has 2 fully saturated rings. The van der Waals surface area contributed by atoms with Crippen molar-refractivity contribution in [2.45, 2.75) is 57.9 Å². The second-order valence-electron chi connectivity index (χ2n) is 7.53. The van der Waals surface area contributed by atoms with E-state index in [9.17, 15) is 4.79 Å². The summed E-state index contributed by atoms with van der Waals surface area (Å²) in [5.41, 5.74) is 1.15. The summed E-state index contributed by atoms with van der Waals surface area (Å²) in [5, 5.41) is 0. The van der Waals surface area contributed by atoms with Gasteiger partial charge in [0.05, 0.1) is 0 Å². The molecule has 26 heavy (non-hydrogen) atoms. The summed E-state index contributed by atoms with van der Waals surface area (Å²) < 4.78 is 5.74. The van der Waals surface area contributed by atoms with Gasteiger partial charge in [0.1, 0.15) is 5.75 Å². The van der Waals surface area contributed by atoms with E-state index in [1.807, 2.05) is 31.2 Å². The number of likely N-dealkylation sites (tertiary alicyclic amines) is 2. The summed E-state index contributed by atoms with van der Waals surface area (Å²) in [6.07, 6.45) is 8.65. The largest absolute Gasteiger partial charge is 0.484 e. The maximum Gasteiger partial charge on any atom is 0.260 e. The Bertz CT molecular complexity index is 561. The SMILES string of the molecule is Cc1cccc(OCC(=O)N2CCCCC2CCN2CCCCC2)c1.Cl. The minimum atomic E-state index is 0. The second kappa shape index (κ2) is 10.8. The van der Waals surface area contributed by atoms with Gasteiger partial charge in [-0.3, -0.25) is 4.79 Å². The highest BCUT2D eigenvalue weighted by atomic mass is 35.5. The number of hydrogen-bond donors (Lipinski definition) is 0. The second-order valence-corrected chi connectivity index (χ2v) is 7.53. The van der Waals surface area contributed by atoms with Crippen LogP contribution in [0.3, 0.4) is 0 Å². The molecular formula is C21H33ClN2O2. The highest BCUT2D eigenvalue weighted by Gasteiger charge is 2.27. The Morgan fingerprint density at radius 1 is 1.12 bits per heavy atom. The van der Waals surface area contributed by atoms with Crippen LogP contribution in [-0.2, 0) is 4.79 Å². The third-order valence-electron chi connectivity index (χ3n) is 5.53. The van der Waals surface area contributed by atoms with Gasteiger partial charge in [0, 0.05) is 19.1 Å². The molecular weight excluding hydrogens is 348 g/mol. The smallest absolute Gasteiger partial charge is 0.260 e. The van der Waals surface area contributed by atoms with Gasteiger partial charge in [0.2, 0.25) is 0 Å². The molecule has 1 amide bonds. The molecule has 2 saturated heterocycles. The molecule has 5 heteroatoms. The number of rotatable bonds is 6. The molecule has 0 saturated carbocycles. The molecule has 1 aromatic rings. The minimum Gasteiger partial charge on any atom is -0.484 e. The molecule has 0 spiro atoms. The van der Waals surface area contributed by atoms with E-state index in [1.165, 1.54) is 38.8 Å². The Morgan fingerprint density at radius 2 is 1.88 bits per heavy atom. The topological polar surface area (TPSA) is 32.8 Å². The van der Waals surface area contributed by atoms with Gasteiger partial charge in [-0.25, -0.2) is 0 Å². The molecule has 3 rings (SSSR count). The van der Waals surface area contributed by atoms with E-state index < -0.39 is 0 Å². The standard InChI is InChI=1S/C21H32N2O2.ClH/c1-18-8-7-10-20(16-18)25-17-21(24)23-14-6-3-9-19(23)11-15-22-12-4-2-5-13-22;/h7-8,10,16,19H,2-6,9,11-15,17H2,1H3;1H. The zero-order valence-corrected chi connectivity index (χ0v) is 16.8. The molecule has 0 aliphatic carbocycles. The first-order chi connectivity index (χ1) is 12.2. The number of amides is 1. The Kier molecular flexibility index (Phi) is 8.73. The third-order valence-corrected chi connectivity index (χ3v) is 5.53. The van der Waals surface area contributed by atoms with Crippen LogP contribution >= 0.6 is 12.4 Å². The fraction of sp³-hybridized carbons (Fsp3) is 0.667. The van der Waals surface area contributed by atoms with Crippen molar-refractivity contribution in [1.29, 1.82) is 0 Å².